The van der Waals surface area contributed by atoms with Crippen molar-refractivity contribution in [2.45, 2.75) is 13.3 Å². The largest absolute Gasteiger partial charge is 0.294 e. The number of ketones is 1. The highest BCUT2D eigenvalue weighted by Crippen LogP contribution is 2.24. The summed E-state index contributed by atoms with van der Waals surface area (Å²) in [6.45, 7) is 1.76. The quantitative estimate of drug-likeness (QED) is 0.812. The zero-order valence-electron chi connectivity index (χ0n) is 10.4. The van der Waals surface area contributed by atoms with Crippen LogP contribution >= 0.6 is 23.2 Å². The monoisotopic (exact) mass is 300 g/mol. The van der Waals surface area contributed by atoms with Crippen molar-refractivity contribution < 1.29 is 9.18 Å². The van der Waals surface area contributed by atoms with E-state index in [2.05, 4.69) is 5.10 Å². The minimum atomic E-state index is -0.611. The van der Waals surface area contributed by atoms with Crippen LogP contribution in [0.4, 0.5) is 4.39 Å². The summed E-state index contributed by atoms with van der Waals surface area (Å²) in [4.78, 5) is 12.1. The van der Waals surface area contributed by atoms with E-state index in [1.165, 1.54) is 18.2 Å². The van der Waals surface area contributed by atoms with Crippen LogP contribution in [0, 0.1) is 12.7 Å². The number of rotatable bonds is 3. The minimum absolute atomic E-state index is 0.0271. The van der Waals surface area contributed by atoms with Gasteiger partial charge in [0.15, 0.2) is 5.78 Å². The van der Waals surface area contributed by atoms with Crippen molar-refractivity contribution in [2.24, 2.45) is 7.05 Å². The van der Waals surface area contributed by atoms with E-state index in [1.54, 1.807) is 18.7 Å². The molecule has 0 bridgehead atoms. The number of aryl methyl sites for hydroxylation is 2. The van der Waals surface area contributed by atoms with E-state index in [4.69, 9.17) is 23.2 Å². The predicted octanol–water partition coefficient (Wildman–Crippen LogP) is 3.60. The Balaban J connectivity index is 2.34. The molecule has 2 aromatic rings. The molecule has 0 aliphatic carbocycles. The topological polar surface area (TPSA) is 34.9 Å². The molecule has 1 heterocycles. The predicted molar refractivity (Wildman–Crippen MR) is 72.4 cm³/mol. The van der Waals surface area contributed by atoms with Gasteiger partial charge in [0, 0.05) is 12.6 Å². The van der Waals surface area contributed by atoms with Crippen LogP contribution in [0.2, 0.25) is 10.0 Å². The van der Waals surface area contributed by atoms with Crippen molar-refractivity contribution in [1.82, 2.24) is 9.78 Å². The van der Waals surface area contributed by atoms with Crippen molar-refractivity contribution in [1.29, 1.82) is 0 Å². The van der Waals surface area contributed by atoms with Crippen molar-refractivity contribution >= 4 is 29.0 Å². The minimum Gasteiger partial charge on any atom is -0.294 e. The molecule has 1 aromatic heterocycles. The summed E-state index contributed by atoms with van der Waals surface area (Å²) in [6.07, 6.45) is 0.0271. The molecule has 0 radical (unpaired) electrons. The first kappa shape index (κ1) is 14.0. The normalized spacial score (nSPS) is 10.8. The maximum Gasteiger partial charge on any atom is 0.170 e. The maximum absolute atomic E-state index is 13.3. The number of carbonyl (C=O) groups excluding carboxylic acids is 1. The van der Waals surface area contributed by atoms with Crippen LogP contribution < -0.4 is 0 Å². The smallest absolute Gasteiger partial charge is 0.170 e. The van der Waals surface area contributed by atoms with Gasteiger partial charge in [0.1, 0.15) is 5.82 Å². The Morgan fingerprint density at radius 1 is 1.37 bits per heavy atom. The van der Waals surface area contributed by atoms with Gasteiger partial charge in [-0.2, -0.15) is 5.10 Å². The molecule has 0 aliphatic rings. The number of Topliss-reactive ketones (excluding diaryl/α,β-unsaturated/α-hetero) is 1. The van der Waals surface area contributed by atoms with Crippen LogP contribution in [0.3, 0.4) is 0 Å². The molecule has 100 valence electrons. The zero-order valence-corrected chi connectivity index (χ0v) is 11.9. The Morgan fingerprint density at radius 2 is 2.05 bits per heavy atom. The molecular formula is C13H11Cl2FN2O. The fourth-order valence-electron chi connectivity index (χ4n) is 1.84. The second kappa shape index (κ2) is 5.31. The Bertz CT molecular complexity index is 652. The first-order valence-corrected chi connectivity index (χ1v) is 6.32. The van der Waals surface area contributed by atoms with E-state index in [0.717, 1.165) is 0 Å². The van der Waals surface area contributed by atoms with Crippen molar-refractivity contribution in [3.8, 4) is 0 Å². The third kappa shape index (κ3) is 2.65. The first-order valence-electron chi connectivity index (χ1n) is 5.57. The van der Waals surface area contributed by atoms with Gasteiger partial charge in [-0.25, -0.2) is 4.39 Å². The van der Waals surface area contributed by atoms with Gasteiger partial charge in [-0.1, -0.05) is 29.3 Å². The fraction of sp³-hybridized carbons (Fsp3) is 0.231. The van der Waals surface area contributed by atoms with Gasteiger partial charge in [-0.05, 0) is 19.1 Å². The summed E-state index contributed by atoms with van der Waals surface area (Å²) in [5, 5.41) is 4.41. The molecule has 0 amide bonds. The van der Waals surface area contributed by atoms with Crippen LogP contribution in [0.15, 0.2) is 18.2 Å². The number of halogens is 3. The maximum atomic E-state index is 13.3. The number of aromatic nitrogens is 2. The van der Waals surface area contributed by atoms with Crippen molar-refractivity contribution in [2.75, 3.05) is 0 Å². The summed E-state index contributed by atoms with van der Waals surface area (Å²) < 4.78 is 14.9. The van der Waals surface area contributed by atoms with E-state index in [9.17, 15) is 9.18 Å². The Morgan fingerprint density at radius 3 is 2.63 bits per heavy atom. The Kier molecular flexibility index (Phi) is 3.92. The molecule has 1 aromatic carbocycles. The van der Waals surface area contributed by atoms with Gasteiger partial charge in [-0.15, -0.1) is 0 Å². The molecule has 0 saturated carbocycles. The van der Waals surface area contributed by atoms with Crippen LogP contribution in [0.1, 0.15) is 21.7 Å². The lowest BCUT2D eigenvalue weighted by atomic mass is 10.1. The van der Waals surface area contributed by atoms with Gasteiger partial charge in [0.25, 0.3) is 0 Å². The Labute approximate surface area is 119 Å². The third-order valence-corrected chi connectivity index (χ3v) is 3.72. The average molecular weight is 301 g/mol. The number of nitrogens with zero attached hydrogens (tertiary/aromatic N) is 2. The number of hydrogen-bond acceptors (Lipinski definition) is 2. The highest BCUT2D eigenvalue weighted by Gasteiger charge is 2.18. The fourth-order valence-corrected chi connectivity index (χ4v) is 2.30. The van der Waals surface area contributed by atoms with Crippen LogP contribution in [-0.4, -0.2) is 15.6 Å². The van der Waals surface area contributed by atoms with E-state index in [-0.39, 0.29) is 22.8 Å². The average Bonchev–Trinajstić information content (AvgIpc) is 2.59. The molecule has 6 heteroatoms. The van der Waals surface area contributed by atoms with E-state index >= 15 is 0 Å². The molecule has 2 rings (SSSR count). The summed E-state index contributed by atoms with van der Waals surface area (Å²) in [5.41, 5.74) is 1.39. The van der Waals surface area contributed by atoms with Gasteiger partial charge < -0.3 is 0 Å². The van der Waals surface area contributed by atoms with Crippen molar-refractivity contribution in [3.05, 3.63) is 51.0 Å². The van der Waals surface area contributed by atoms with Crippen LogP contribution in [-0.2, 0) is 13.5 Å². The summed E-state index contributed by atoms with van der Waals surface area (Å²) in [5.74, 6) is -0.908. The van der Waals surface area contributed by atoms with Crippen LogP contribution in [0.5, 0.6) is 0 Å². The van der Waals surface area contributed by atoms with Gasteiger partial charge >= 0.3 is 0 Å². The second-order valence-corrected chi connectivity index (χ2v) is 4.93. The lowest BCUT2D eigenvalue weighted by Crippen LogP contribution is -2.09. The lowest BCUT2D eigenvalue weighted by molar-refractivity contribution is 0.0990. The number of benzene rings is 1. The van der Waals surface area contributed by atoms with Crippen molar-refractivity contribution in [3.63, 3.8) is 0 Å². The molecule has 0 atom stereocenters. The van der Waals surface area contributed by atoms with E-state index in [1.807, 2.05) is 0 Å². The highest BCUT2D eigenvalue weighted by molar-refractivity contribution is 6.34. The summed E-state index contributed by atoms with van der Waals surface area (Å²) in [7, 11) is 1.70. The zero-order chi connectivity index (χ0) is 14.2. The Hall–Kier alpha value is -1.39. The van der Waals surface area contributed by atoms with Gasteiger partial charge in [0.2, 0.25) is 0 Å². The molecule has 0 saturated heterocycles. The molecule has 0 unspecified atom stereocenters. The van der Waals surface area contributed by atoms with E-state index in [0.29, 0.717) is 16.4 Å². The molecule has 0 fully saturated rings. The molecule has 0 spiro atoms. The second-order valence-electron chi connectivity index (χ2n) is 4.17. The molecule has 0 N–H and O–H groups in total. The van der Waals surface area contributed by atoms with Gasteiger partial charge in [-0.3, -0.25) is 9.48 Å². The molecule has 19 heavy (non-hydrogen) atoms. The van der Waals surface area contributed by atoms with Gasteiger partial charge in [0.05, 0.1) is 27.9 Å². The number of carbonyl (C=O) groups is 1. The van der Waals surface area contributed by atoms with Crippen LogP contribution in [0.25, 0.3) is 0 Å². The summed E-state index contributed by atoms with van der Waals surface area (Å²) in [6, 6.07) is 4.15. The number of hydrogen-bond donors (Lipinski definition) is 0. The third-order valence-electron chi connectivity index (χ3n) is 2.84. The lowest BCUT2D eigenvalue weighted by Gasteiger charge is -2.05. The first-order chi connectivity index (χ1) is 8.91. The summed E-state index contributed by atoms with van der Waals surface area (Å²) >= 11 is 11.9. The molecule has 0 aliphatic heterocycles. The molecular weight excluding hydrogens is 290 g/mol. The standard InChI is InChI=1S/C13H11Cl2FN2O/c1-7-12(14)10(18(2)17-7)6-11(19)8-4-3-5-9(16)13(8)15/h3-5H,6H2,1-2H3. The SMILES string of the molecule is Cc1nn(C)c(CC(=O)c2cccc(F)c2Cl)c1Cl. The highest BCUT2D eigenvalue weighted by atomic mass is 35.5. The van der Waals surface area contributed by atoms with E-state index < -0.39 is 5.82 Å². The molecule has 3 nitrogen and oxygen atoms in total.